The van der Waals surface area contributed by atoms with Gasteiger partial charge in [0.15, 0.2) is 5.60 Å². The van der Waals surface area contributed by atoms with E-state index in [4.69, 9.17) is 9.47 Å². The number of hydrogen-bond acceptors (Lipinski definition) is 5. The van der Waals surface area contributed by atoms with Gasteiger partial charge in [-0.3, -0.25) is 10.1 Å². The van der Waals surface area contributed by atoms with Crippen molar-refractivity contribution >= 4 is 6.09 Å². The zero-order valence-electron chi connectivity index (χ0n) is 16.4. The fourth-order valence-electron chi connectivity index (χ4n) is 2.85. The highest BCUT2D eigenvalue weighted by Gasteiger charge is 2.40. The van der Waals surface area contributed by atoms with E-state index in [1.807, 2.05) is 36.4 Å². The van der Waals surface area contributed by atoms with E-state index in [0.29, 0.717) is 11.1 Å². The minimum atomic E-state index is -1.26. The standard InChI is InChI=1S/C21H26N2O5/c1-20(2,3)28-19(24)22-14-15-27-21(16-23(25)26,17-10-6-4-7-11-17)18-12-8-5-9-13-18/h4-13H,14-16H2,1-3H3,(H,22,24). The third-order valence-corrected chi connectivity index (χ3v) is 3.95. The van der Waals surface area contributed by atoms with E-state index in [1.165, 1.54) is 0 Å². The summed E-state index contributed by atoms with van der Waals surface area (Å²) >= 11 is 0. The highest BCUT2D eigenvalue weighted by atomic mass is 16.6. The Bertz CT molecular complexity index is 733. The van der Waals surface area contributed by atoms with Crippen LogP contribution in [0.25, 0.3) is 0 Å². The average molecular weight is 386 g/mol. The summed E-state index contributed by atoms with van der Waals surface area (Å²) in [6, 6.07) is 18.2. The Morgan fingerprint density at radius 3 is 1.93 bits per heavy atom. The van der Waals surface area contributed by atoms with Gasteiger partial charge in [-0.15, -0.1) is 0 Å². The number of rotatable bonds is 8. The van der Waals surface area contributed by atoms with Gasteiger partial charge in [-0.05, 0) is 31.9 Å². The molecule has 2 rings (SSSR count). The SMILES string of the molecule is CC(C)(C)OC(=O)NCCOC(C[N+](=O)[O-])(c1ccccc1)c1ccccc1. The second-order valence-corrected chi connectivity index (χ2v) is 7.33. The molecule has 0 aromatic heterocycles. The Morgan fingerprint density at radius 1 is 1.00 bits per heavy atom. The van der Waals surface area contributed by atoms with Crippen LogP contribution in [0, 0.1) is 10.1 Å². The highest BCUT2D eigenvalue weighted by Crippen LogP contribution is 2.34. The first-order chi connectivity index (χ1) is 13.2. The topological polar surface area (TPSA) is 90.7 Å². The van der Waals surface area contributed by atoms with Gasteiger partial charge in [0.05, 0.1) is 6.61 Å². The van der Waals surface area contributed by atoms with Crippen molar-refractivity contribution in [2.45, 2.75) is 32.0 Å². The molecular formula is C21H26N2O5. The van der Waals surface area contributed by atoms with Gasteiger partial charge < -0.3 is 14.8 Å². The second-order valence-electron chi connectivity index (χ2n) is 7.33. The van der Waals surface area contributed by atoms with Crippen LogP contribution in [0.1, 0.15) is 31.9 Å². The van der Waals surface area contributed by atoms with E-state index in [-0.39, 0.29) is 18.1 Å². The smallest absolute Gasteiger partial charge is 0.407 e. The maximum absolute atomic E-state index is 11.8. The number of benzene rings is 2. The van der Waals surface area contributed by atoms with Crippen LogP contribution in [-0.2, 0) is 15.1 Å². The molecule has 1 amide bonds. The Morgan fingerprint density at radius 2 is 1.50 bits per heavy atom. The highest BCUT2D eigenvalue weighted by molar-refractivity contribution is 5.67. The minimum Gasteiger partial charge on any atom is -0.444 e. The van der Waals surface area contributed by atoms with Crippen LogP contribution in [0.15, 0.2) is 60.7 Å². The zero-order chi connectivity index (χ0) is 20.6. The lowest BCUT2D eigenvalue weighted by Crippen LogP contribution is -2.41. The molecule has 7 nitrogen and oxygen atoms in total. The second kappa shape index (κ2) is 9.32. The largest absolute Gasteiger partial charge is 0.444 e. The Balaban J connectivity index is 2.21. The van der Waals surface area contributed by atoms with E-state index in [2.05, 4.69) is 5.32 Å². The number of carbonyl (C=O) groups excluding carboxylic acids is 1. The normalized spacial score (nSPS) is 11.7. The van der Waals surface area contributed by atoms with Gasteiger partial charge in [0.2, 0.25) is 6.54 Å². The fraction of sp³-hybridized carbons (Fsp3) is 0.381. The van der Waals surface area contributed by atoms with Crippen LogP contribution in [-0.4, -0.2) is 36.3 Å². The molecular weight excluding hydrogens is 360 g/mol. The predicted octanol–water partition coefficient (Wildman–Crippen LogP) is 3.75. The van der Waals surface area contributed by atoms with Gasteiger partial charge in [0.25, 0.3) is 0 Å². The molecule has 0 saturated carbocycles. The number of nitrogens with zero attached hydrogens (tertiary/aromatic N) is 1. The predicted molar refractivity (Wildman–Crippen MR) is 106 cm³/mol. The van der Waals surface area contributed by atoms with Crippen molar-refractivity contribution in [3.63, 3.8) is 0 Å². The van der Waals surface area contributed by atoms with Crippen LogP contribution >= 0.6 is 0 Å². The first-order valence-corrected chi connectivity index (χ1v) is 9.07. The Labute approximate surface area is 164 Å². The van der Waals surface area contributed by atoms with E-state index in [1.54, 1.807) is 45.0 Å². The average Bonchev–Trinajstić information content (AvgIpc) is 2.64. The maximum Gasteiger partial charge on any atom is 0.407 e. The Hall–Kier alpha value is -2.93. The minimum absolute atomic E-state index is 0.0802. The first-order valence-electron chi connectivity index (χ1n) is 9.07. The van der Waals surface area contributed by atoms with Crippen molar-refractivity contribution in [2.75, 3.05) is 19.7 Å². The molecule has 0 aliphatic heterocycles. The van der Waals surface area contributed by atoms with Crippen molar-refractivity contribution in [3.8, 4) is 0 Å². The summed E-state index contributed by atoms with van der Waals surface area (Å²) in [6.45, 7) is 5.13. The number of alkyl carbamates (subject to hydrolysis) is 1. The molecule has 2 aromatic rings. The molecule has 1 N–H and O–H groups in total. The summed E-state index contributed by atoms with van der Waals surface area (Å²) in [5, 5.41) is 14.1. The molecule has 0 aliphatic carbocycles. The molecule has 0 heterocycles. The maximum atomic E-state index is 11.8. The quantitative estimate of drug-likeness (QED) is 0.424. The fourth-order valence-corrected chi connectivity index (χ4v) is 2.85. The van der Waals surface area contributed by atoms with Crippen LogP contribution < -0.4 is 5.32 Å². The van der Waals surface area contributed by atoms with Crippen molar-refractivity contribution in [1.82, 2.24) is 5.32 Å². The number of amides is 1. The van der Waals surface area contributed by atoms with Gasteiger partial charge in [-0.25, -0.2) is 4.79 Å². The lowest BCUT2D eigenvalue weighted by Gasteiger charge is -2.31. The van der Waals surface area contributed by atoms with Gasteiger partial charge in [-0.2, -0.15) is 0 Å². The molecule has 2 aromatic carbocycles. The van der Waals surface area contributed by atoms with Gasteiger partial charge in [0.1, 0.15) is 5.60 Å². The third kappa shape index (κ3) is 6.06. The molecule has 0 fully saturated rings. The van der Waals surface area contributed by atoms with Gasteiger partial charge >= 0.3 is 6.09 Å². The first kappa shape index (κ1) is 21.4. The number of carbonyl (C=O) groups is 1. The molecule has 0 atom stereocenters. The molecule has 0 spiro atoms. The van der Waals surface area contributed by atoms with E-state index in [0.717, 1.165) is 0 Å². The molecule has 0 radical (unpaired) electrons. The molecule has 0 aliphatic rings. The van der Waals surface area contributed by atoms with Crippen molar-refractivity contribution in [1.29, 1.82) is 0 Å². The van der Waals surface area contributed by atoms with E-state index in [9.17, 15) is 14.9 Å². The van der Waals surface area contributed by atoms with E-state index < -0.39 is 23.8 Å². The van der Waals surface area contributed by atoms with E-state index >= 15 is 0 Å². The van der Waals surface area contributed by atoms with Crippen LogP contribution in [0.5, 0.6) is 0 Å². The number of nitrogens with one attached hydrogen (secondary N) is 1. The molecule has 0 bridgehead atoms. The Kier molecular flexibility index (Phi) is 7.12. The summed E-state index contributed by atoms with van der Waals surface area (Å²) < 4.78 is 11.3. The number of ether oxygens (including phenoxy) is 2. The third-order valence-electron chi connectivity index (χ3n) is 3.95. The van der Waals surface area contributed by atoms with Crippen molar-refractivity contribution in [3.05, 3.63) is 81.9 Å². The van der Waals surface area contributed by atoms with Crippen LogP contribution in [0.2, 0.25) is 0 Å². The summed E-state index contributed by atoms with van der Waals surface area (Å²) in [7, 11) is 0. The molecule has 7 heteroatoms. The lowest BCUT2D eigenvalue weighted by molar-refractivity contribution is -0.501. The van der Waals surface area contributed by atoms with Crippen molar-refractivity contribution in [2.24, 2.45) is 0 Å². The van der Waals surface area contributed by atoms with Crippen molar-refractivity contribution < 1.29 is 19.2 Å². The van der Waals surface area contributed by atoms with Crippen LogP contribution in [0.3, 0.4) is 0 Å². The summed E-state index contributed by atoms with van der Waals surface area (Å²) in [4.78, 5) is 22.9. The molecule has 28 heavy (non-hydrogen) atoms. The lowest BCUT2D eigenvalue weighted by atomic mass is 9.86. The molecule has 150 valence electrons. The van der Waals surface area contributed by atoms with Gasteiger partial charge in [-0.1, -0.05) is 60.7 Å². The molecule has 0 unspecified atom stereocenters. The summed E-state index contributed by atoms with van der Waals surface area (Å²) in [5.41, 5.74) is -0.513. The summed E-state index contributed by atoms with van der Waals surface area (Å²) in [5.74, 6) is 0. The number of hydrogen-bond donors (Lipinski definition) is 1. The monoisotopic (exact) mass is 386 g/mol. The van der Waals surface area contributed by atoms with Gasteiger partial charge in [0, 0.05) is 11.5 Å². The van der Waals surface area contributed by atoms with Crippen LogP contribution in [0.4, 0.5) is 4.79 Å². The number of nitro groups is 1. The molecule has 0 saturated heterocycles. The summed E-state index contributed by atoms with van der Waals surface area (Å²) in [6.07, 6.45) is -0.560. The zero-order valence-corrected chi connectivity index (χ0v) is 16.4.